The summed E-state index contributed by atoms with van der Waals surface area (Å²) in [6, 6.07) is 0. The molecule has 1 aromatic rings. The Morgan fingerprint density at radius 3 is 2.50 bits per heavy atom. The Morgan fingerprint density at radius 1 is 1.25 bits per heavy atom. The van der Waals surface area contributed by atoms with Crippen molar-refractivity contribution in [2.75, 3.05) is 0 Å². The van der Waals surface area contributed by atoms with Gasteiger partial charge in [-0.1, -0.05) is 44.0 Å². The zero-order valence-electron chi connectivity index (χ0n) is 9.32. The summed E-state index contributed by atoms with van der Waals surface area (Å²) < 4.78 is 0.763. The van der Waals surface area contributed by atoms with E-state index in [-0.39, 0.29) is 5.43 Å². The third-order valence-electron chi connectivity index (χ3n) is 2.16. The molecule has 0 saturated heterocycles. The summed E-state index contributed by atoms with van der Waals surface area (Å²) in [6.45, 7) is 12.9. The lowest BCUT2D eigenvalue weighted by molar-refractivity contribution is 1.37. The van der Waals surface area contributed by atoms with Crippen molar-refractivity contribution in [2.24, 2.45) is 0 Å². The number of allylic oxidation sites excluding steroid dienone is 3. The zero-order valence-corrected chi connectivity index (χ0v) is 10.1. The fourth-order valence-electron chi connectivity index (χ4n) is 1.31. The van der Waals surface area contributed by atoms with Crippen LogP contribution in [0.3, 0.4) is 0 Å². The van der Waals surface area contributed by atoms with Gasteiger partial charge in [0.05, 0.1) is 0 Å². The van der Waals surface area contributed by atoms with Crippen molar-refractivity contribution >= 4 is 30.1 Å². The van der Waals surface area contributed by atoms with E-state index in [4.69, 9.17) is 0 Å². The highest BCUT2D eigenvalue weighted by Crippen LogP contribution is 2.06. The van der Waals surface area contributed by atoms with Crippen molar-refractivity contribution in [1.82, 2.24) is 0 Å². The van der Waals surface area contributed by atoms with Gasteiger partial charge in [0, 0.05) is 20.2 Å². The van der Waals surface area contributed by atoms with Gasteiger partial charge in [0.2, 0.25) is 0 Å². The van der Waals surface area contributed by atoms with Crippen LogP contribution in [0.2, 0.25) is 0 Å². The lowest BCUT2D eigenvalue weighted by atomic mass is 10.2. The van der Waals surface area contributed by atoms with E-state index < -0.39 is 0 Å². The fourth-order valence-corrected chi connectivity index (χ4v) is 2.23. The molecular weight excluding hydrogens is 216 g/mol. The summed E-state index contributed by atoms with van der Waals surface area (Å²) in [7, 11) is 0. The van der Waals surface area contributed by atoms with Gasteiger partial charge in [-0.3, -0.25) is 4.79 Å². The maximum absolute atomic E-state index is 12.0. The zero-order chi connectivity index (χ0) is 12.1. The van der Waals surface area contributed by atoms with Crippen LogP contribution >= 0.6 is 11.3 Å². The second-order valence-corrected chi connectivity index (χ2v) is 4.39. The van der Waals surface area contributed by atoms with Gasteiger partial charge >= 0.3 is 0 Å². The van der Waals surface area contributed by atoms with Gasteiger partial charge in [-0.15, -0.1) is 11.3 Å². The molecule has 1 rings (SSSR count). The summed E-state index contributed by atoms with van der Waals surface area (Å²) in [4.78, 5) is 12.9. The van der Waals surface area contributed by atoms with Crippen molar-refractivity contribution in [3.63, 3.8) is 0 Å². The van der Waals surface area contributed by atoms with E-state index in [1.165, 1.54) is 11.3 Å². The predicted octanol–water partition coefficient (Wildman–Crippen LogP) is 1.99. The van der Waals surface area contributed by atoms with Crippen LogP contribution in [0.5, 0.6) is 0 Å². The smallest absolute Gasteiger partial charge is 0.191 e. The molecule has 0 fully saturated rings. The molecule has 0 spiro atoms. The van der Waals surface area contributed by atoms with Crippen LogP contribution in [0.15, 0.2) is 36.2 Å². The Hall–Kier alpha value is -1.67. The van der Waals surface area contributed by atoms with Crippen LogP contribution in [0.4, 0.5) is 0 Å². The summed E-state index contributed by atoms with van der Waals surface area (Å²) >= 11 is 1.50. The first-order valence-corrected chi connectivity index (χ1v) is 5.68. The summed E-state index contributed by atoms with van der Waals surface area (Å²) in [5.74, 6) is 0. The van der Waals surface area contributed by atoms with Gasteiger partial charge in [0.25, 0.3) is 0 Å². The molecule has 1 heterocycles. The summed E-state index contributed by atoms with van der Waals surface area (Å²) in [5.41, 5.74) is 0.760. The molecule has 0 saturated carbocycles. The SMILES string of the molecule is C=C/C=C\c1sc(=C)/c(=C\C=C)c(=O)c1C. The molecule has 0 atom stereocenters. The molecule has 0 unspecified atom stereocenters. The van der Waals surface area contributed by atoms with Crippen LogP contribution < -0.4 is 15.2 Å². The molecule has 0 aliphatic carbocycles. The van der Waals surface area contributed by atoms with Gasteiger partial charge in [-0.05, 0) is 13.0 Å². The Kier molecular flexibility index (Phi) is 4.20. The van der Waals surface area contributed by atoms with Crippen LogP contribution in [0, 0.1) is 6.92 Å². The highest BCUT2D eigenvalue weighted by atomic mass is 32.1. The first kappa shape index (κ1) is 12.4. The topological polar surface area (TPSA) is 17.1 Å². The Morgan fingerprint density at radius 2 is 1.94 bits per heavy atom. The van der Waals surface area contributed by atoms with Gasteiger partial charge in [0.1, 0.15) is 0 Å². The maximum atomic E-state index is 12.0. The number of hydrogen-bond acceptors (Lipinski definition) is 2. The normalized spacial score (nSPS) is 11.9. The Labute approximate surface area is 99.1 Å². The van der Waals surface area contributed by atoms with Crippen LogP contribution in [-0.2, 0) is 0 Å². The molecule has 0 amide bonds. The van der Waals surface area contributed by atoms with Gasteiger partial charge < -0.3 is 0 Å². The van der Waals surface area contributed by atoms with Crippen LogP contribution in [0.1, 0.15) is 10.4 Å². The Balaban J connectivity index is 3.65. The van der Waals surface area contributed by atoms with Crippen LogP contribution in [0.25, 0.3) is 18.7 Å². The van der Waals surface area contributed by atoms with Gasteiger partial charge in [-0.25, -0.2) is 0 Å². The molecule has 1 aromatic heterocycles. The molecule has 2 heteroatoms. The molecule has 0 aromatic carbocycles. The van der Waals surface area contributed by atoms with Crippen molar-refractivity contribution < 1.29 is 0 Å². The number of hydrogen-bond donors (Lipinski definition) is 0. The van der Waals surface area contributed by atoms with E-state index in [1.54, 1.807) is 18.2 Å². The van der Waals surface area contributed by atoms with E-state index >= 15 is 0 Å². The summed E-state index contributed by atoms with van der Waals surface area (Å²) in [5, 5.41) is 0.633. The molecule has 0 radical (unpaired) electrons. The quantitative estimate of drug-likeness (QED) is 0.726. The van der Waals surface area contributed by atoms with E-state index in [1.807, 2.05) is 19.1 Å². The highest BCUT2D eigenvalue weighted by Gasteiger charge is 2.02. The average molecular weight is 230 g/mol. The third kappa shape index (κ3) is 2.47. The molecule has 0 aliphatic heterocycles. The van der Waals surface area contributed by atoms with Gasteiger partial charge in [-0.2, -0.15) is 0 Å². The second kappa shape index (κ2) is 5.42. The standard InChI is InChI=1S/C14H14OS/c1-5-7-9-13-10(3)14(15)12(8-6-2)11(4)16-13/h5-9H,1-2,4H2,3H3/b9-7-,12-8+. The Bertz CT molecular complexity index is 603. The molecule has 1 nitrogen and oxygen atoms in total. The lowest BCUT2D eigenvalue weighted by Gasteiger charge is -1.98. The molecule has 16 heavy (non-hydrogen) atoms. The van der Waals surface area contributed by atoms with E-state index in [0.29, 0.717) is 5.22 Å². The van der Waals surface area contributed by atoms with Gasteiger partial charge in [0.15, 0.2) is 5.43 Å². The largest absolute Gasteiger partial charge is 0.289 e. The van der Waals surface area contributed by atoms with Crippen molar-refractivity contribution in [2.45, 2.75) is 6.92 Å². The number of rotatable bonds is 3. The third-order valence-corrected chi connectivity index (χ3v) is 3.29. The lowest BCUT2D eigenvalue weighted by Crippen LogP contribution is -2.38. The maximum Gasteiger partial charge on any atom is 0.191 e. The van der Waals surface area contributed by atoms with E-state index in [0.717, 1.165) is 15.0 Å². The minimum Gasteiger partial charge on any atom is -0.289 e. The highest BCUT2D eigenvalue weighted by molar-refractivity contribution is 7.10. The monoisotopic (exact) mass is 230 g/mol. The van der Waals surface area contributed by atoms with E-state index in [9.17, 15) is 4.79 Å². The fraction of sp³-hybridized carbons (Fsp3) is 0.0714. The molecule has 0 N–H and O–H groups in total. The summed E-state index contributed by atoms with van der Waals surface area (Å²) in [6.07, 6.45) is 8.69. The minimum absolute atomic E-state index is 0.0207. The first-order chi connectivity index (χ1) is 7.61. The molecular formula is C14H14OS. The molecule has 82 valence electrons. The van der Waals surface area contributed by atoms with Crippen LogP contribution in [-0.4, -0.2) is 0 Å². The van der Waals surface area contributed by atoms with Crippen molar-refractivity contribution in [3.8, 4) is 0 Å². The first-order valence-electron chi connectivity index (χ1n) is 4.86. The minimum atomic E-state index is 0.0207. The van der Waals surface area contributed by atoms with E-state index in [2.05, 4.69) is 19.7 Å². The molecule has 0 aliphatic rings. The average Bonchev–Trinajstić information content (AvgIpc) is 2.27. The predicted molar refractivity (Wildman–Crippen MR) is 74.0 cm³/mol. The second-order valence-electron chi connectivity index (χ2n) is 3.25. The van der Waals surface area contributed by atoms with Crippen molar-refractivity contribution in [3.05, 3.63) is 61.8 Å². The molecule has 0 bridgehead atoms. The van der Waals surface area contributed by atoms with Crippen molar-refractivity contribution in [1.29, 1.82) is 0 Å².